The van der Waals surface area contributed by atoms with E-state index in [0.717, 1.165) is 18.9 Å². The van der Waals surface area contributed by atoms with E-state index >= 15 is 0 Å². The van der Waals surface area contributed by atoms with Gasteiger partial charge in [0.25, 0.3) is 5.91 Å². The second kappa shape index (κ2) is 8.46. The van der Waals surface area contributed by atoms with Gasteiger partial charge in [0.15, 0.2) is 17.6 Å². The highest BCUT2D eigenvalue weighted by molar-refractivity contribution is 5.90. The number of hydrogen-bond donors (Lipinski definition) is 1. The molecule has 0 heterocycles. The molecule has 0 radical (unpaired) electrons. The van der Waals surface area contributed by atoms with Crippen molar-refractivity contribution in [1.29, 1.82) is 0 Å². The lowest BCUT2D eigenvalue weighted by atomic mass is 10.2. The number of alkyl halides is 2. The van der Waals surface area contributed by atoms with Crippen LogP contribution in [0, 0.1) is 0 Å². The van der Waals surface area contributed by atoms with Crippen molar-refractivity contribution < 1.29 is 32.6 Å². The van der Waals surface area contributed by atoms with Gasteiger partial charge in [-0.3, -0.25) is 4.79 Å². The van der Waals surface area contributed by atoms with Gasteiger partial charge in [0, 0.05) is 12.1 Å². The smallest absolute Gasteiger partial charge is 0.387 e. The van der Waals surface area contributed by atoms with Crippen LogP contribution in [-0.4, -0.2) is 37.7 Å². The Labute approximate surface area is 143 Å². The van der Waals surface area contributed by atoms with E-state index in [2.05, 4.69) is 10.1 Å². The zero-order chi connectivity index (χ0) is 18.4. The largest absolute Gasteiger partial charge is 0.493 e. The van der Waals surface area contributed by atoms with Gasteiger partial charge in [0.1, 0.15) is 0 Å². The van der Waals surface area contributed by atoms with E-state index in [-0.39, 0.29) is 23.4 Å². The fourth-order valence-electron chi connectivity index (χ4n) is 1.96. The van der Waals surface area contributed by atoms with Crippen LogP contribution in [0.4, 0.5) is 8.78 Å². The maximum Gasteiger partial charge on any atom is 0.387 e. The number of nitrogens with one attached hydrogen (secondary N) is 1. The first kappa shape index (κ1) is 18.7. The fourth-order valence-corrected chi connectivity index (χ4v) is 1.96. The summed E-state index contributed by atoms with van der Waals surface area (Å²) in [7, 11) is 1.32. The first-order valence-electron chi connectivity index (χ1n) is 7.71. The van der Waals surface area contributed by atoms with Crippen molar-refractivity contribution in [2.24, 2.45) is 0 Å². The summed E-state index contributed by atoms with van der Waals surface area (Å²) in [6, 6.07) is 4.41. The van der Waals surface area contributed by atoms with Crippen LogP contribution in [0.25, 0.3) is 6.08 Å². The molecule has 0 unspecified atom stereocenters. The minimum atomic E-state index is -2.96. The average Bonchev–Trinajstić information content (AvgIpc) is 3.37. The van der Waals surface area contributed by atoms with Crippen molar-refractivity contribution in [2.45, 2.75) is 38.5 Å². The van der Waals surface area contributed by atoms with Crippen molar-refractivity contribution >= 4 is 18.0 Å². The number of amides is 1. The fraction of sp³-hybridized carbons (Fsp3) is 0.412. The monoisotopic (exact) mass is 355 g/mol. The Bertz CT molecular complexity index is 658. The van der Waals surface area contributed by atoms with Gasteiger partial charge in [-0.2, -0.15) is 8.78 Å². The van der Waals surface area contributed by atoms with Gasteiger partial charge < -0.3 is 19.5 Å². The summed E-state index contributed by atoms with van der Waals surface area (Å²) in [5.74, 6) is -1.03. The molecule has 6 nitrogen and oxygen atoms in total. The molecule has 2 rings (SSSR count). The van der Waals surface area contributed by atoms with Crippen LogP contribution in [0.5, 0.6) is 11.5 Å². The number of hydrogen-bond acceptors (Lipinski definition) is 5. The number of carbonyl (C=O) groups excluding carboxylic acids is 2. The highest BCUT2D eigenvalue weighted by atomic mass is 19.3. The van der Waals surface area contributed by atoms with Gasteiger partial charge in [-0.1, -0.05) is 6.07 Å². The predicted molar refractivity (Wildman–Crippen MR) is 85.4 cm³/mol. The van der Waals surface area contributed by atoms with E-state index in [4.69, 9.17) is 9.47 Å². The Morgan fingerprint density at radius 3 is 2.60 bits per heavy atom. The predicted octanol–water partition coefficient (Wildman–Crippen LogP) is 2.52. The quantitative estimate of drug-likeness (QED) is 0.573. The Kier molecular flexibility index (Phi) is 6.32. The van der Waals surface area contributed by atoms with Crippen molar-refractivity contribution in [3.63, 3.8) is 0 Å². The van der Waals surface area contributed by atoms with E-state index in [1.807, 2.05) is 0 Å². The van der Waals surface area contributed by atoms with E-state index in [0.29, 0.717) is 5.56 Å². The molecule has 0 aliphatic heterocycles. The lowest BCUT2D eigenvalue weighted by molar-refractivity contribution is -0.150. The summed E-state index contributed by atoms with van der Waals surface area (Å²) < 4.78 is 38.8. The zero-order valence-electron chi connectivity index (χ0n) is 13.8. The van der Waals surface area contributed by atoms with Crippen molar-refractivity contribution in [3.05, 3.63) is 29.8 Å². The van der Waals surface area contributed by atoms with Crippen LogP contribution in [0.15, 0.2) is 24.3 Å². The molecule has 1 atom stereocenters. The minimum absolute atomic E-state index is 0.105. The van der Waals surface area contributed by atoms with E-state index in [1.54, 1.807) is 0 Å². The molecule has 1 N–H and O–H groups in total. The molecule has 1 aliphatic rings. The van der Waals surface area contributed by atoms with E-state index in [9.17, 15) is 18.4 Å². The number of rotatable bonds is 8. The zero-order valence-corrected chi connectivity index (χ0v) is 13.8. The summed E-state index contributed by atoms with van der Waals surface area (Å²) in [6.07, 6.45) is 3.55. The third kappa shape index (κ3) is 6.06. The second-order valence-corrected chi connectivity index (χ2v) is 5.48. The molecule has 0 spiro atoms. The van der Waals surface area contributed by atoms with Crippen molar-refractivity contribution in [3.8, 4) is 11.5 Å². The second-order valence-electron chi connectivity index (χ2n) is 5.48. The molecule has 136 valence electrons. The number of ether oxygens (including phenoxy) is 3. The van der Waals surface area contributed by atoms with Gasteiger partial charge in [0.05, 0.1) is 7.11 Å². The first-order valence-corrected chi connectivity index (χ1v) is 7.71. The number of carbonyl (C=O) groups is 2. The standard InChI is InChI=1S/C17H19F2NO5/c1-10(16(22)20-12-5-6-12)24-15(21)8-4-11-3-7-13(25-17(18)19)14(9-11)23-2/h3-4,7-10,12,17H,5-6H2,1-2H3,(H,20,22)/b8-4+/t10-/m0/s1. The number of esters is 1. The minimum Gasteiger partial charge on any atom is -0.493 e. The normalized spacial score (nSPS) is 15.1. The highest BCUT2D eigenvalue weighted by Gasteiger charge is 2.26. The molecule has 8 heteroatoms. The third-order valence-electron chi connectivity index (χ3n) is 3.40. The van der Waals surface area contributed by atoms with Crippen molar-refractivity contribution in [1.82, 2.24) is 5.32 Å². The Balaban J connectivity index is 1.93. The molecular weight excluding hydrogens is 336 g/mol. The summed E-state index contributed by atoms with van der Waals surface area (Å²) in [4.78, 5) is 23.5. The molecule has 1 saturated carbocycles. The average molecular weight is 355 g/mol. The molecule has 1 aromatic rings. The molecule has 1 amide bonds. The molecule has 0 aromatic heterocycles. The summed E-state index contributed by atoms with van der Waals surface area (Å²) in [5.41, 5.74) is 0.519. The van der Waals surface area contributed by atoms with Gasteiger partial charge in [0.2, 0.25) is 0 Å². The van der Waals surface area contributed by atoms with Crippen LogP contribution in [0.2, 0.25) is 0 Å². The SMILES string of the molecule is COc1cc(/C=C/C(=O)O[C@@H](C)C(=O)NC2CC2)ccc1OC(F)F. The molecule has 1 aromatic carbocycles. The number of halogens is 2. The maximum atomic E-state index is 12.3. The van der Waals surface area contributed by atoms with Crippen LogP contribution in [0.1, 0.15) is 25.3 Å². The van der Waals surface area contributed by atoms with Crippen molar-refractivity contribution in [2.75, 3.05) is 7.11 Å². The third-order valence-corrected chi connectivity index (χ3v) is 3.40. The van der Waals surface area contributed by atoms with Crippen LogP contribution in [-0.2, 0) is 14.3 Å². The molecule has 25 heavy (non-hydrogen) atoms. The summed E-state index contributed by atoms with van der Waals surface area (Å²) in [6.45, 7) is -1.48. The van der Waals surface area contributed by atoms with E-state index < -0.39 is 18.7 Å². The number of methoxy groups -OCH3 is 1. The molecule has 0 bridgehead atoms. The lowest BCUT2D eigenvalue weighted by Gasteiger charge is -2.12. The maximum absolute atomic E-state index is 12.3. The highest BCUT2D eigenvalue weighted by Crippen LogP contribution is 2.29. The lowest BCUT2D eigenvalue weighted by Crippen LogP contribution is -2.36. The van der Waals surface area contributed by atoms with Gasteiger partial charge >= 0.3 is 12.6 Å². The summed E-state index contributed by atoms with van der Waals surface area (Å²) in [5, 5.41) is 2.74. The topological polar surface area (TPSA) is 73.9 Å². The summed E-state index contributed by atoms with van der Waals surface area (Å²) >= 11 is 0. The van der Waals surface area contributed by atoms with Gasteiger partial charge in [-0.05, 0) is 43.5 Å². The van der Waals surface area contributed by atoms with E-state index in [1.165, 1.54) is 38.3 Å². The first-order chi connectivity index (χ1) is 11.9. The Morgan fingerprint density at radius 2 is 2.00 bits per heavy atom. The van der Waals surface area contributed by atoms with Crippen LogP contribution in [0.3, 0.4) is 0 Å². The molecule has 1 fully saturated rings. The van der Waals surface area contributed by atoms with Gasteiger partial charge in [-0.25, -0.2) is 4.79 Å². The molecular formula is C17H19F2NO5. The van der Waals surface area contributed by atoms with Gasteiger partial charge in [-0.15, -0.1) is 0 Å². The molecule has 1 aliphatic carbocycles. The molecule has 0 saturated heterocycles. The Morgan fingerprint density at radius 1 is 1.28 bits per heavy atom. The number of benzene rings is 1. The van der Waals surface area contributed by atoms with Crippen LogP contribution >= 0.6 is 0 Å². The Hall–Kier alpha value is -2.64. The van der Waals surface area contributed by atoms with Crippen LogP contribution < -0.4 is 14.8 Å².